The maximum atomic E-state index is 12.7. The number of rotatable bonds is 3. The van der Waals surface area contributed by atoms with Gasteiger partial charge in [-0.2, -0.15) is 0 Å². The fourth-order valence-corrected chi connectivity index (χ4v) is 2.49. The van der Waals surface area contributed by atoms with Crippen LogP contribution in [0.1, 0.15) is 15.9 Å². The number of likely N-dealkylation sites (N-methyl/N-ethyl adjacent to an activating group) is 2. The summed E-state index contributed by atoms with van der Waals surface area (Å²) in [4.78, 5) is 17.1. The number of aryl methyl sites for hydroxylation is 1. The van der Waals surface area contributed by atoms with Gasteiger partial charge in [0.1, 0.15) is 5.75 Å². The predicted octanol–water partition coefficient (Wildman–Crippen LogP) is 1.43. The molecule has 1 fully saturated rings. The molecule has 1 aromatic carbocycles. The van der Waals surface area contributed by atoms with Crippen LogP contribution in [0.3, 0.4) is 0 Å². The van der Waals surface area contributed by atoms with E-state index in [1.54, 1.807) is 7.11 Å². The summed E-state index contributed by atoms with van der Waals surface area (Å²) in [5, 5.41) is 0. The van der Waals surface area contributed by atoms with E-state index < -0.39 is 0 Å². The van der Waals surface area contributed by atoms with Crippen molar-refractivity contribution in [3.8, 4) is 5.75 Å². The molecular weight excluding hydrogens is 240 g/mol. The topological polar surface area (TPSA) is 32.8 Å². The van der Waals surface area contributed by atoms with Gasteiger partial charge in [-0.25, -0.2) is 0 Å². The molecule has 1 unspecified atom stereocenters. The molecule has 0 bridgehead atoms. The number of hydrogen-bond donors (Lipinski definition) is 0. The summed E-state index contributed by atoms with van der Waals surface area (Å²) in [6.07, 6.45) is 0. The first kappa shape index (κ1) is 14.0. The fourth-order valence-electron chi connectivity index (χ4n) is 2.49. The SMILES string of the molecule is COc1ccc(C)cc1C(=O)C1CN(C)CCN1C. The first-order chi connectivity index (χ1) is 9.02. The van der Waals surface area contributed by atoms with Crippen molar-refractivity contribution < 1.29 is 9.53 Å². The van der Waals surface area contributed by atoms with Gasteiger partial charge in [-0.15, -0.1) is 0 Å². The maximum Gasteiger partial charge on any atom is 0.184 e. The molecule has 4 heteroatoms. The molecule has 104 valence electrons. The van der Waals surface area contributed by atoms with E-state index in [0.29, 0.717) is 11.3 Å². The van der Waals surface area contributed by atoms with E-state index in [1.807, 2.05) is 32.2 Å². The Morgan fingerprint density at radius 2 is 2.05 bits per heavy atom. The smallest absolute Gasteiger partial charge is 0.184 e. The molecule has 1 aliphatic heterocycles. The number of ketones is 1. The van der Waals surface area contributed by atoms with Crippen molar-refractivity contribution in [3.05, 3.63) is 29.3 Å². The van der Waals surface area contributed by atoms with Crippen LogP contribution >= 0.6 is 0 Å². The van der Waals surface area contributed by atoms with Crippen molar-refractivity contribution in [2.75, 3.05) is 40.8 Å². The highest BCUT2D eigenvalue weighted by Crippen LogP contribution is 2.23. The van der Waals surface area contributed by atoms with Crippen molar-refractivity contribution >= 4 is 5.78 Å². The van der Waals surface area contributed by atoms with Gasteiger partial charge in [-0.05, 0) is 33.2 Å². The van der Waals surface area contributed by atoms with Crippen LogP contribution in [0, 0.1) is 6.92 Å². The number of carbonyl (C=O) groups excluding carboxylic acids is 1. The Morgan fingerprint density at radius 1 is 1.32 bits per heavy atom. The first-order valence-electron chi connectivity index (χ1n) is 6.60. The molecular formula is C15H22N2O2. The van der Waals surface area contributed by atoms with Gasteiger partial charge in [-0.3, -0.25) is 9.69 Å². The Hall–Kier alpha value is -1.39. The zero-order valence-corrected chi connectivity index (χ0v) is 12.1. The average molecular weight is 262 g/mol. The molecule has 0 aromatic heterocycles. The van der Waals surface area contributed by atoms with E-state index in [-0.39, 0.29) is 11.8 Å². The number of hydrogen-bond acceptors (Lipinski definition) is 4. The van der Waals surface area contributed by atoms with E-state index in [9.17, 15) is 4.79 Å². The van der Waals surface area contributed by atoms with Crippen LogP contribution in [0.25, 0.3) is 0 Å². The molecule has 0 aliphatic carbocycles. The van der Waals surface area contributed by atoms with Crippen LogP contribution in [-0.4, -0.2) is 62.5 Å². The van der Waals surface area contributed by atoms with Crippen LogP contribution in [0.4, 0.5) is 0 Å². The molecule has 2 rings (SSSR count). The van der Waals surface area contributed by atoms with Crippen molar-refractivity contribution in [1.82, 2.24) is 9.80 Å². The first-order valence-corrected chi connectivity index (χ1v) is 6.60. The summed E-state index contributed by atoms with van der Waals surface area (Å²) in [7, 11) is 5.68. The number of carbonyl (C=O) groups is 1. The maximum absolute atomic E-state index is 12.7. The lowest BCUT2D eigenvalue weighted by molar-refractivity contribution is 0.0683. The number of ether oxygens (including phenoxy) is 1. The number of piperazine rings is 1. The second-order valence-electron chi connectivity index (χ2n) is 5.33. The molecule has 0 amide bonds. The van der Waals surface area contributed by atoms with Gasteiger partial charge in [0.05, 0.1) is 18.7 Å². The predicted molar refractivity (Wildman–Crippen MR) is 76.0 cm³/mol. The van der Waals surface area contributed by atoms with Crippen LogP contribution in [0.2, 0.25) is 0 Å². The Bertz CT molecular complexity index is 473. The van der Waals surface area contributed by atoms with E-state index in [4.69, 9.17) is 4.74 Å². The van der Waals surface area contributed by atoms with Crippen LogP contribution < -0.4 is 4.74 Å². The molecule has 19 heavy (non-hydrogen) atoms. The van der Waals surface area contributed by atoms with E-state index >= 15 is 0 Å². The highest BCUT2D eigenvalue weighted by molar-refractivity contribution is 6.02. The summed E-state index contributed by atoms with van der Waals surface area (Å²) < 4.78 is 5.32. The second kappa shape index (κ2) is 5.72. The lowest BCUT2D eigenvalue weighted by Crippen LogP contribution is -2.53. The summed E-state index contributed by atoms with van der Waals surface area (Å²) in [6, 6.07) is 5.67. The normalized spacial score (nSPS) is 21.4. The van der Waals surface area contributed by atoms with Crippen molar-refractivity contribution in [3.63, 3.8) is 0 Å². The Kier molecular flexibility index (Phi) is 4.22. The highest BCUT2D eigenvalue weighted by atomic mass is 16.5. The molecule has 0 radical (unpaired) electrons. The lowest BCUT2D eigenvalue weighted by Gasteiger charge is -2.36. The van der Waals surface area contributed by atoms with Gasteiger partial charge in [0.15, 0.2) is 5.78 Å². The van der Waals surface area contributed by atoms with Gasteiger partial charge in [0.2, 0.25) is 0 Å². The Morgan fingerprint density at radius 3 is 2.74 bits per heavy atom. The minimum atomic E-state index is -0.0885. The summed E-state index contributed by atoms with van der Waals surface area (Å²) in [5.74, 6) is 0.812. The molecule has 1 aliphatic rings. The molecule has 1 saturated heterocycles. The molecule has 0 saturated carbocycles. The Balaban J connectivity index is 2.30. The highest BCUT2D eigenvalue weighted by Gasteiger charge is 2.30. The molecule has 1 aromatic rings. The van der Waals surface area contributed by atoms with Gasteiger partial charge in [-0.1, -0.05) is 11.6 Å². The number of benzene rings is 1. The third-order valence-corrected chi connectivity index (χ3v) is 3.77. The van der Waals surface area contributed by atoms with Gasteiger partial charge >= 0.3 is 0 Å². The van der Waals surface area contributed by atoms with Crippen molar-refractivity contribution in [2.24, 2.45) is 0 Å². The van der Waals surface area contributed by atoms with Crippen LogP contribution in [0.5, 0.6) is 5.75 Å². The molecule has 0 N–H and O–H groups in total. The minimum absolute atomic E-state index is 0.0885. The van der Waals surface area contributed by atoms with Gasteiger partial charge in [0, 0.05) is 19.6 Å². The summed E-state index contributed by atoms with van der Waals surface area (Å²) in [5.41, 5.74) is 1.77. The minimum Gasteiger partial charge on any atom is -0.496 e. The second-order valence-corrected chi connectivity index (χ2v) is 5.33. The number of methoxy groups -OCH3 is 1. The number of Topliss-reactive ketones (excluding diaryl/α,β-unsaturated/α-hetero) is 1. The molecule has 1 atom stereocenters. The number of nitrogens with zero attached hydrogens (tertiary/aromatic N) is 2. The zero-order valence-electron chi connectivity index (χ0n) is 12.1. The third-order valence-electron chi connectivity index (χ3n) is 3.77. The monoisotopic (exact) mass is 262 g/mol. The van der Waals surface area contributed by atoms with E-state index in [1.165, 1.54) is 0 Å². The van der Waals surface area contributed by atoms with Crippen LogP contribution in [-0.2, 0) is 0 Å². The molecule has 1 heterocycles. The van der Waals surface area contributed by atoms with Crippen molar-refractivity contribution in [1.29, 1.82) is 0 Å². The third kappa shape index (κ3) is 2.96. The molecule has 0 spiro atoms. The van der Waals surface area contributed by atoms with Gasteiger partial charge < -0.3 is 9.64 Å². The van der Waals surface area contributed by atoms with Crippen LogP contribution in [0.15, 0.2) is 18.2 Å². The molecule has 4 nitrogen and oxygen atoms in total. The average Bonchev–Trinajstić information content (AvgIpc) is 2.40. The van der Waals surface area contributed by atoms with E-state index in [0.717, 1.165) is 25.2 Å². The zero-order chi connectivity index (χ0) is 14.0. The quantitative estimate of drug-likeness (QED) is 0.772. The van der Waals surface area contributed by atoms with Crippen molar-refractivity contribution in [2.45, 2.75) is 13.0 Å². The fraction of sp³-hybridized carbons (Fsp3) is 0.533. The lowest BCUT2D eigenvalue weighted by atomic mass is 9.98. The Labute approximate surface area is 115 Å². The summed E-state index contributed by atoms with van der Waals surface area (Å²) >= 11 is 0. The summed E-state index contributed by atoms with van der Waals surface area (Å²) in [6.45, 7) is 4.69. The van der Waals surface area contributed by atoms with E-state index in [2.05, 4.69) is 16.8 Å². The largest absolute Gasteiger partial charge is 0.496 e. The van der Waals surface area contributed by atoms with Gasteiger partial charge in [0.25, 0.3) is 0 Å². The standard InChI is InChI=1S/C15H22N2O2/c1-11-5-6-14(19-4)12(9-11)15(18)13-10-16(2)7-8-17(13)3/h5-6,9,13H,7-8,10H2,1-4H3.